The fraction of sp³-hybridized carbons (Fsp3) is 0.231. The third-order valence-corrected chi connectivity index (χ3v) is 2.76. The van der Waals surface area contributed by atoms with E-state index in [1.807, 2.05) is 37.3 Å². The van der Waals surface area contributed by atoms with E-state index in [0.29, 0.717) is 6.42 Å². The van der Waals surface area contributed by atoms with Crippen LogP contribution in [0.1, 0.15) is 18.9 Å². The molecule has 1 aliphatic rings. The van der Waals surface area contributed by atoms with E-state index in [-0.39, 0.29) is 5.76 Å². The summed E-state index contributed by atoms with van der Waals surface area (Å²) in [4.78, 5) is 0. The van der Waals surface area contributed by atoms with Gasteiger partial charge in [-0.05, 0) is 30.2 Å². The molecule has 1 aromatic rings. The lowest BCUT2D eigenvalue weighted by Crippen LogP contribution is -2.25. The quantitative estimate of drug-likeness (QED) is 0.735. The minimum atomic E-state index is -0.975. The Morgan fingerprint density at radius 2 is 1.87 bits per heavy atom. The summed E-state index contributed by atoms with van der Waals surface area (Å²) in [6.07, 6.45) is 3.65. The smallest absolute Gasteiger partial charge is 0.114 e. The molecule has 0 saturated heterocycles. The summed E-state index contributed by atoms with van der Waals surface area (Å²) >= 11 is 0. The van der Waals surface area contributed by atoms with Crippen LogP contribution in [0.2, 0.25) is 0 Å². The molecule has 0 heterocycles. The van der Waals surface area contributed by atoms with Crippen LogP contribution in [0.5, 0.6) is 0 Å². The van der Waals surface area contributed by atoms with Crippen LogP contribution in [0.3, 0.4) is 0 Å². The number of hydrogen-bond acceptors (Lipinski definition) is 2. The van der Waals surface area contributed by atoms with Gasteiger partial charge >= 0.3 is 0 Å². The van der Waals surface area contributed by atoms with Crippen LogP contribution in [0.25, 0.3) is 0 Å². The lowest BCUT2D eigenvalue weighted by atomic mass is 9.84. The monoisotopic (exact) mass is 202 g/mol. The minimum absolute atomic E-state index is 0.260. The molecular weight excluding hydrogens is 188 g/mol. The molecule has 1 atom stereocenters. The third-order valence-electron chi connectivity index (χ3n) is 2.76. The predicted molar refractivity (Wildman–Crippen MR) is 59.4 cm³/mol. The highest BCUT2D eigenvalue weighted by molar-refractivity contribution is 5.36. The number of hydrogen-bond donors (Lipinski definition) is 2. The van der Waals surface area contributed by atoms with Crippen molar-refractivity contribution >= 4 is 0 Å². The highest BCUT2D eigenvalue weighted by Crippen LogP contribution is 2.34. The van der Waals surface area contributed by atoms with Gasteiger partial charge in [0.25, 0.3) is 0 Å². The molecule has 0 bridgehead atoms. The zero-order chi connectivity index (χ0) is 10.9. The average molecular weight is 202 g/mol. The van der Waals surface area contributed by atoms with Crippen LogP contribution in [-0.2, 0) is 5.60 Å². The van der Waals surface area contributed by atoms with Crippen molar-refractivity contribution in [3.05, 3.63) is 59.4 Å². The second-order valence-electron chi connectivity index (χ2n) is 3.97. The molecule has 2 N–H and O–H groups in total. The molecule has 2 nitrogen and oxygen atoms in total. The topological polar surface area (TPSA) is 40.5 Å². The van der Waals surface area contributed by atoms with E-state index in [1.54, 1.807) is 12.2 Å². The predicted octanol–water partition coefficient (Wildman–Crippen LogP) is 2.67. The van der Waals surface area contributed by atoms with Crippen molar-refractivity contribution < 1.29 is 10.2 Å². The number of benzene rings is 1. The van der Waals surface area contributed by atoms with Gasteiger partial charge in [0.1, 0.15) is 11.4 Å². The summed E-state index contributed by atoms with van der Waals surface area (Å²) in [5.41, 5.74) is 0.689. The zero-order valence-electron chi connectivity index (χ0n) is 8.64. The molecule has 0 saturated carbocycles. The Morgan fingerprint density at radius 3 is 2.47 bits per heavy atom. The second-order valence-corrected chi connectivity index (χ2v) is 3.97. The van der Waals surface area contributed by atoms with Crippen molar-refractivity contribution in [2.45, 2.75) is 18.9 Å². The fourth-order valence-corrected chi connectivity index (χ4v) is 1.84. The molecular formula is C13H14O2. The molecule has 0 aliphatic heterocycles. The van der Waals surface area contributed by atoms with Gasteiger partial charge in [-0.1, -0.05) is 30.3 Å². The van der Waals surface area contributed by atoms with E-state index in [4.69, 9.17) is 0 Å². The van der Waals surface area contributed by atoms with E-state index >= 15 is 0 Å². The van der Waals surface area contributed by atoms with Gasteiger partial charge in [-0.25, -0.2) is 0 Å². The van der Waals surface area contributed by atoms with Crippen molar-refractivity contribution in [1.82, 2.24) is 0 Å². The maximum Gasteiger partial charge on any atom is 0.114 e. The summed E-state index contributed by atoms with van der Waals surface area (Å²) in [5, 5.41) is 19.8. The summed E-state index contributed by atoms with van der Waals surface area (Å²) in [5.74, 6) is 0.260. The summed E-state index contributed by atoms with van der Waals surface area (Å²) in [6, 6.07) is 9.49. The molecule has 0 aromatic heterocycles. The standard InChI is InChI=1S/C13H14O2/c1-10-9-13(15,8-7-12(10)14)11-5-3-2-4-6-11/h2-8,14-15H,9H2,1H3. The van der Waals surface area contributed by atoms with Gasteiger partial charge < -0.3 is 10.2 Å². The maximum atomic E-state index is 10.4. The van der Waals surface area contributed by atoms with Crippen LogP contribution >= 0.6 is 0 Å². The minimum Gasteiger partial charge on any atom is -0.508 e. The Bertz CT molecular complexity index is 417. The number of aliphatic hydroxyl groups is 2. The van der Waals surface area contributed by atoms with E-state index in [9.17, 15) is 10.2 Å². The first-order chi connectivity index (χ1) is 7.12. The Hall–Kier alpha value is -1.54. The first-order valence-corrected chi connectivity index (χ1v) is 4.98. The van der Waals surface area contributed by atoms with E-state index in [2.05, 4.69) is 0 Å². The van der Waals surface area contributed by atoms with Gasteiger partial charge in [0.15, 0.2) is 0 Å². The normalized spacial score (nSPS) is 25.7. The van der Waals surface area contributed by atoms with Crippen LogP contribution in [0, 0.1) is 0 Å². The molecule has 2 heteroatoms. The highest BCUT2D eigenvalue weighted by atomic mass is 16.3. The first kappa shape index (κ1) is 9.99. The number of allylic oxidation sites excluding steroid dienone is 1. The zero-order valence-corrected chi connectivity index (χ0v) is 8.64. The van der Waals surface area contributed by atoms with Gasteiger partial charge in [-0.15, -0.1) is 0 Å². The second kappa shape index (κ2) is 3.55. The molecule has 2 rings (SSSR count). The average Bonchev–Trinajstić information content (AvgIpc) is 2.26. The molecule has 0 spiro atoms. The molecule has 15 heavy (non-hydrogen) atoms. The molecule has 0 amide bonds. The molecule has 78 valence electrons. The first-order valence-electron chi connectivity index (χ1n) is 4.98. The van der Waals surface area contributed by atoms with E-state index < -0.39 is 5.60 Å². The third kappa shape index (κ3) is 1.81. The van der Waals surface area contributed by atoms with Crippen molar-refractivity contribution in [2.24, 2.45) is 0 Å². The van der Waals surface area contributed by atoms with E-state index in [0.717, 1.165) is 11.1 Å². The number of aliphatic hydroxyl groups excluding tert-OH is 1. The SMILES string of the molecule is CC1=C(O)C=CC(O)(c2ccccc2)C1. The van der Waals surface area contributed by atoms with Gasteiger partial charge in [-0.3, -0.25) is 0 Å². The Kier molecular flexibility index (Phi) is 2.37. The van der Waals surface area contributed by atoms with Crippen LogP contribution in [-0.4, -0.2) is 10.2 Å². The van der Waals surface area contributed by atoms with Crippen LogP contribution in [0.4, 0.5) is 0 Å². The highest BCUT2D eigenvalue weighted by Gasteiger charge is 2.29. The summed E-state index contributed by atoms with van der Waals surface area (Å²) < 4.78 is 0. The van der Waals surface area contributed by atoms with Crippen molar-refractivity contribution in [3.63, 3.8) is 0 Å². The molecule has 0 radical (unpaired) electrons. The largest absolute Gasteiger partial charge is 0.508 e. The Labute approximate surface area is 89.2 Å². The Morgan fingerprint density at radius 1 is 1.20 bits per heavy atom. The van der Waals surface area contributed by atoms with E-state index in [1.165, 1.54) is 0 Å². The summed E-state index contributed by atoms with van der Waals surface area (Å²) in [7, 11) is 0. The number of rotatable bonds is 1. The Balaban J connectivity index is 2.36. The summed E-state index contributed by atoms with van der Waals surface area (Å²) in [6.45, 7) is 1.83. The van der Waals surface area contributed by atoms with Gasteiger partial charge in [0, 0.05) is 6.42 Å². The van der Waals surface area contributed by atoms with Crippen molar-refractivity contribution in [1.29, 1.82) is 0 Å². The molecule has 1 unspecified atom stereocenters. The van der Waals surface area contributed by atoms with Crippen molar-refractivity contribution in [3.8, 4) is 0 Å². The molecule has 0 fully saturated rings. The van der Waals surface area contributed by atoms with Crippen LogP contribution < -0.4 is 0 Å². The molecule has 1 aromatic carbocycles. The van der Waals surface area contributed by atoms with Gasteiger partial charge in [-0.2, -0.15) is 0 Å². The lowest BCUT2D eigenvalue weighted by Gasteiger charge is -2.28. The van der Waals surface area contributed by atoms with Crippen molar-refractivity contribution in [2.75, 3.05) is 0 Å². The molecule has 1 aliphatic carbocycles. The van der Waals surface area contributed by atoms with Crippen LogP contribution in [0.15, 0.2) is 53.8 Å². The van der Waals surface area contributed by atoms with Gasteiger partial charge in [0.05, 0.1) is 0 Å². The lowest BCUT2D eigenvalue weighted by molar-refractivity contribution is 0.0856. The maximum absolute atomic E-state index is 10.4. The fourth-order valence-electron chi connectivity index (χ4n) is 1.84. The van der Waals surface area contributed by atoms with Gasteiger partial charge in [0.2, 0.25) is 0 Å².